The summed E-state index contributed by atoms with van der Waals surface area (Å²) in [5.74, 6) is -0.177. The van der Waals surface area contributed by atoms with Gasteiger partial charge in [-0.15, -0.1) is 11.3 Å². The van der Waals surface area contributed by atoms with E-state index >= 15 is 0 Å². The first-order valence-corrected chi connectivity index (χ1v) is 11.4. The number of hydrogen-bond acceptors (Lipinski definition) is 7. The summed E-state index contributed by atoms with van der Waals surface area (Å²) in [6.45, 7) is 0.318. The third kappa shape index (κ3) is 6.57. The predicted molar refractivity (Wildman–Crippen MR) is 123 cm³/mol. The first-order chi connectivity index (χ1) is 15.3. The van der Waals surface area contributed by atoms with Gasteiger partial charge in [-0.1, -0.05) is 17.7 Å². The lowest BCUT2D eigenvalue weighted by molar-refractivity contribution is 0.0954. The highest BCUT2D eigenvalue weighted by atomic mass is 35.5. The number of pyridine rings is 1. The summed E-state index contributed by atoms with van der Waals surface area (Å²) < 4.78 is 4.02. The molecule has 4 N–H and O–H groups in total. The van der Waals surface area contributed by atoms with Crippen LogP contribution in [0.3, 0.4) is 0 Å². The molecule has 0 bridgehead atoms. The smallest absolute Gasteiger partial charge is 0.324 e. The van der Waals surface area contributed by atoms with Crippen molar-refractivity contribution >= 4 is 37.4 Å². The zero-order valence-electron chi connectivity index (χ0n) is 16.4. The Morgan fingerprint density at radius 1 is 1.06 bits per heavy atom. The lowest BCUT2D eigenvalue weighted by Gasteiger charge is -2.07. The fourth-order valence-corrected chi connectivity index (χ4v) is 3.68. The fraction of sp³-hybridized carbons (Fsp3) is 0.0500. The third-order valence-corrected chi connectivity index (χ3v) is 5.34. The van der Waals surface area contributed by atoms with Crippen molar-refractivity contribution in [2.75, 3.05) is 0 Å². The molecule has 1 amide bonds. The number of thiophene rings is 1. The van der Waals surface area contributed by atoms with E-state index in [9.17, 15) is 9.59 Å². The van der Waals surface area contributed by atoms with Gasteiger partial charge in [-0.3, -0.25) is 14.2 Å². The summed E-state index contributed by atoms with van der Waals surface area (Å²) in [4.78, 5) is 50.6. The average molecular weight is 493 g/mol. The molecule has 1 aromatic carbocycles. The van der Waals surface area contributed by atoms with Gasteiger partial charge in [0.2, 0.25) is 0 Å². The highest BCUT2D eigenvalue weighted by Gasteiger charge is 2.09. The molecule has 0 atom stereocenters. The first-order valence-electron chi connectivity index (χ1n) is 9.05. The van der Waals surface area contributed by atoms with Crippen molar-refractivity contribution in [3.8, 4) is 11.4 Å². The molecule has 4 rings (SSSR count). The zero-order valence-corrected chi connectivity index (χ0v) is 18.8. The number of imidazole rings is 1. The van der Waals surface area contributed by atoms with Crippen molar-refractivity contribution < 1.29 is 19.5 Å². The first kappa shape index (κ1) is 23.8. The standard InChI is InChI=1S/C20H15ClN4O2S.H3O3P/c21-18-9-8-17(28-18)20(27)22-11-14-12-24(13-23-14)15-4-6-16(7-5-15)25-10-2-1-3-19(25)26;1-4(2)3/h1-10,12-13H,11H2,(H,22,27);1-3H. The molecule has 0 saturated carbocycles. The van der Waals surface area contributed by atoms with Crippen LogP contribution in [0.1, 0.15) is 15.4 Å². The number of hydrogen-bond donors (Lipinski definition) is 4. The van der Waals surface area contributed by atoms with E-state index in [0.717, 1.165) is 17.1 Å². The molecule has 0 fully saturated rings. The Hall–Kier alpha value is -2.85. The second kappa shape index (κ2) is 11.1. The van der Waals surface area contributed by atoms with Crippen LogP contribution in [0.5, 0.6) is 0 Å². The molecule has 0 aliphatic heterocycles. The monoisotopic (exact) mass is 492 g/mol. The Balaban J connectivity index is 0.000000668. The van der Waals surface area contributed by atoms with E-state index < -0.39 is 8.60 Å². The number of carbonyl (C=O) groups excluding carboxylic acids is 1. The maximum atomic E-state index is 12.1. The van der Waals surface area contributed by atoms with E-state index in [4.69, 9.17) is 26.3 Å². The van der Waals surface area contributed by atoms with Crippen LogP contribution in [-0.4, -0.2) is 34.7 Å². The van der Waals surface area contributed by atoms with Crippen LogP contribution < -0.4 is 10.9 Å². The van der Waals surface area contributed by atoms with Gasteiger partial charge in [-0.25, -0.2) is 4.98 Å². The number of nitrogens with one attached hydrogen (secondary N) is 1. The quantitative estimate of drug-likeness (QED) is 0.317. The molecule has 3 heterocycles. The molecule has 0 unspecified atom stereocenters. The number of halogens is 1. The number of aromatic nitrogens is 3. The number of rotatable bonds is 5. The largest absolute Gasteiger partial charge is 0.346 e. The topological polar surface area (TPSA) is 130 Å². The van der Waals surface area contributed by atoms with E-state index in [1.807, 2.05) is 41.1 Å². The summed E-state index contributed by atoms with van der Waals surface area (Å²) in [6, 6.07) is 16.0. The minimum Gasteiger partial charge on any atom is -0.346 e. The second-order valence-electron chi connectivity index (χ2n) is 6.25. The van der Waals surface area contributed by atoms with Gasteiger partial charge < -0.3 is 24.6 Å². The van der Waals surface area contributed by atoms with Crippen molar-refractivity contribution in [2.45, 2.75) is 6.54 Å². The fourth-order valence-electron chi connectivity index (χ4n) is 2.72. The summed E-state index contributed by atoms with van der Waals surface area (Å²) in [5, 5.41) is 2.83. The van der Waals surface area contributed by atoms with Crippen LogP contribution in [0.15, 0.2) is 78.1 Å². The van der Waals surface area contributed by atoms with Crippen molar-refractivity contribution in [3.63, 3.8) is 0 Å². The van der Waals surface area contributed by atoms with Crippen molar-refractivity contribution in [3.05, 3.63) is 98.6 Å². The zero-order chi connectivity index (χ0) is 23.1. The van der Waals surface area contributed by atoms with Crippen LogP contribution in [0.4, 0.5) is 0 Å². The van der Waals surface area contributed by atoms with Crippen molar-refractivity contribution in [2.24, 2.45) is 0 Å². The molecule has 0 radical (unpaired) electrons. The number of carbonyl (C=O) groups is 1. The molecule has 0 aliphatic carbocycles. The van der Waals surface area contributed by atoms with Crippen molar-refractivity contribution in [1.82, 2.24) is 19.4 Å². The van der Waals surface area contributed by atoms with Gasteiger partial charge in [0.1, 0.15) is 0 Å². The van der Waals surface area contributed by atoms with Gasteiger partial charge in [-0.2, -0.15) is 0 Å². The molecule has 166 valence electrons. The van der Waals surface area contributed by atoms with Gasteiger partial charge >= 0.3 is 8.60 Å². The highest BCUT2D eigenvalue weighted by Crippen LogP contribution is 2.21. The molecular weight excluding hydrogens is 475 g/mol. The maximum Gasteiger partial charge on any atom is 0.324 e. The normalized spacial score (nSPS) is 10.5. The predicted octanol–water partition coefficient (Wildman–Crippen LogP) is 2.86. The molecule has 3 aromatic heterocycles. The van der Waals surface area contributed by atoms with Crippen LogP contribution in [0.25, 0.3) is 11.4 Å². The van der Waals surface area contributed by atoms with Gasteiger partial charge in [0.05, 0.1) is 27.8 Å². The van der Waals surface area contributed by atoms with Gasteiger partial charge in [0.15, 0.2) is 0 Å². The molecule has 4 aromatic rings. The Labute approximate surface area is 192 Å². The Bertz CT molecular complexity index is 1240. The van der Waals surface area contributed by atoms with E-state index in [2.05, 4.69) is 10.3 Å². The summed E-state index contributed by atoms with van der Waals surface area (Å²) in [5.41, 5.74) is 2.35. The average Bonchev–Trinajstić information content (AvgIpc) is 3.41. The number of nitrogens with zero attached hydrogens (tertiary/aromatic N) is 3. The summed E-state index contributed by atoms with van der Waals surface area (Å²) >= 11 is 7.09. The maximum absolute atomic E-state index is 12.1. The van der Waals surface area contributed by atoms with E-state index in [-0.39, 0.29) is 11.5 Å². The molecule has 12 heteroatoms. The molecule has 0 saturated heterocycles. The second-order valence-corrected chi connectivity index (χ2v) is 8.50. The number of benzene rings is 1. The van der Waals surface area contributed by atoms with Crippen LogP contribution in [0.2, 0.25) is 4.34 Å². The van der Waals surface area contributed by atoms with Crippen LogP contribution in [0, 0.1) is 0 Å². The lowest BCUT2D eigenvalue weighted by Crippen LogP contribution is -2.21. The summed E-state index contributed by atoms with van der Waals surface area (Å²) in [6.07, 6.45) is 5.27. The third-order valence-electron chi connectivity index (χ3n) is 4.11. The molecule has 0 spiro atoms. The Morgan fingerprint density at radius 3 is 2.38 bits per heavy atom. The minimum atomic E-state index is -2.62. The van der Waals surface area contributed by atoms with Gasteiger partial charge in [0.25, 0.3) is 11.5 Å². The van der Waals surface area contributed by atoms with Gasteiger partial charge in [-0.05, 0) is 42.5 Å². The van der Waals surface area contributed by atoms with E-state index in [1.54, 1.807) is 35.3 Å². The SMILES string of the molecule is O=C(NCc1cn(-c2ccc(-n3ccccc3=O)cc2)cn1)c1ccc(Cl)s1.OP(O)O. The van der Waals surface area contributed by atoms with Crippen molar-refractivity contribution in [1.29, 1.82) is 0 Å². The Kier molecular flexibility index (Phi) is 8.29. The van der Waals surface area contributed by atoms with Crippen LogP contribution in [-0.2, 0) is 6.54 Å². The van der Waals surface area contributed by atoms with E-state index in [1.165, 1.54) is 17.4 Å². The summed E-state index contributed by atoms with van der Waals surface area (Å²) in [7, 11) is -2.62. The van der Waals surface area contributed by atoms with E-state index in [0.29, 0.717) is 15.8 Å². The molecule has 9 nitrogen and oxygen atoms in total. The lowest BCUT2D eigenvalue weighted by atomic mass is 10.2. The molecule has 0 aliphatic rings. The minimum absolute atomic E-state index is 0.0806. The Morgan fingerprint density at radius 2 is 1.75 bits per heavy atom. The van der Waals surface area contributed by atoms with Crippen LogP contribution >= 0.6 is 31.5 Å². The number of amides is 1. The highest BCUT2D eigenvalue weighted by molar-refractivity contribution is 7.38. The molecular formula is C20H18ClN4O5PS. The van der Waals surface area contributed by atoms with Gasteiger partial charge in [0, 0.05) is 29.8 Å². The molecule has 32 heavy (non-hydrogen) atoms.